The van der Waals surface area contributed by atoms with Crippen molar-refractivity contribution in [2.75, 3.05) is 0 Å². The molecule has 0 aliphatic carbocycles. The summed E-state index contributed by atoms with van der Waals surface area (Å²) in [4.78, 5) is 10.8. The van der Waals surface area contributed by atoms with Gasteiger partial charge in [0, 0.05) is 5.56 Å². The Morgan fingerprint density at radius 2 is 2.29 bits per heavy atom. The molecule has 0 saturated carbocycles. The fourth-order valence-corrected chi connectivity index (χ4v) is 3.00. The molecule has 5 nitrogen and oxygen atoms in total. The Labute approximate surface area is 106 Å². The molecule has 0 saturated heterocycles. The van der Waals surface area contributed by atoms with Gasteiger partial charge in [0.2, 0.25) is 5.76 Å². The van der Waals surface area contributed by atoms with E-state index in [0.29, 0.717) is 17.1 Å². The van der Waals surface area contributed by atoms with Crippen LogP contribution >= 0.6 is 23.1 Å². The predicted molar refractivity (Wildman–Crippen MR) is 64.6 cm³/mol. The monoisotopic (exact) mass is 270 g/mol. The minimum atomic E-state index is -1.04. The molecular weight excluding hydrogens is 260 g/mol. The lowest BCUT2D eigenvalue weighted by Crippen LogP contribution is -1.94. The quantitative estimate of drug-likeness (QED) is 0.861. The van der Waals surface area contributed by atoms with Gasteiger partial charge < -0.3 is 9.52 Å². The van der Waals surface area contributed by atoms with Crippen LogP contribution in [0.2, 0.25) is 0 Å². The van der Waals surface area contributed by atoms with Crippen LogP contribution < -0.4 is 0 Å². The predicted octanol–water partition coefficient (Wildman–Crippen LogP) is 2.74. The van der Waals surface area contributed by atoms with Gasteiger partial charge in [0.25, 0.3) is 0 Å². The number of aryl methyl sites for hydroxylation is 2. The molecule has 0 fully saturated rings. The number of hydrogen-bond donors (Lipinski definition) is 1. The van der Waals surface area contributed by atoms with Gasteiger partial charge >= 0.3 is 5.97 Å². The smallest absolute Gasteiger partial charge is 0.372 e. The fraction of sp³-hybridized carbons (Fsp3) is 0.300. The molecule has 7 heteroatoms. The zero-order valence-corrected chi connectivity index (χ0v) is 10.9. The van der Waals surface area contributed by atoms with Gasteiger partial charge in [-0.25, -0.2) is 4.79 Å². The first kappa shape index (κ1) is 12.1. The summed E-state index contributed by atoms with van der Waals surface area (Å²) in [5.41, 5.74) is 0.640. The minimum absolute atomic E-state index is 0.00837. The molecule has 1 N–H and O–H groups in total. The molecule has 90 valence electrons. The van der Waals surface area contributed by atoms with E-state index in [1.54, 1.807) is 13.0 Å². The molecule has 0 radical (unpaired) electrons. The van der Waals surface area contributed by atoms with E-state index < -0.39 is 5.97 Å². The van der Waals surface area contributed by atoms with Crippen LogP contribution in [0.5, 0.6) is 0 Å². The van der Waals surface area contributed by atoms with Crippen LogP contribution in [0, 0.1) is 13.8 Å². The molecule has 0 aliphatic heterocycles. The van der Waals surface area contributed by atoms with Crippen LogP contribution in [0.1, 0.15) is 26.9 Å². The number of aromatic nitrogens is 2. The van der Waals surface area contributed by atoms with Gasteiger partial charge in [-0.1, -0.05) is 23.1 Å². The largest absolute Gasteiger partial charge is 0.475 e. The highest BCUT2D eigenvalue weighted by molar-refractivity contribution is 8.00. The van der Waals surface area contributed by atoms with Crippen molar-refractivity contribution in [1.82, 2.24) is 10.2 Å². The van der Waals surface area contributed by atoms with Crippen molar-refractivity contribution in [3.63, 3.8) is 0 Å². The Bertz CT molecular complexity index is 547. The van der Waals surface area contributed by atoms with E-state index in [1.807, 2.05) is 6.92 Å². The standard InChI is InChI=1S/C10H10N2O3S2/c1-5-3-7(15-8(5)9(13)14)4-16-10-12-11-6(2)17-10/h3H,4H2,1-2H3,(H,13,14). The number of hydrogen-bond acceptors (Lipinski definition) is 6. The topological polar surface area (TPSA) is 76.2 Å². The van der Waals surface area contributed by atoms with Crippen molar-refractivity contribution in [2.24, 2.45) is 0 Å². The highest BCUT2D eigenvalue weighted by Crippen LogP contribution is 2.27. The summed E-state index contributed by atoms with van der Waals surface area (Å²) in [6.45, 7) is 3.61. The van der Waals surface area contributed by atoms with Crippen molar-refractivity contribution in [1.29, 1.82) is 0 Å². The van der Waals surface area contributed by atoms with Crippen LogP contribution in [0.4, 0.5) is 0 Å². The van der Waals surface area contributed by atoms with Crippen molar-refractivity contribution in [3.8, 4) is 0 Å². The van der Waals surface area contributed by atoms with Gasteiger partial charge in [0.15, 0.2) is 4.34 Å². The lowest BCUT2D eigenvalue weighted by molar-refractivity contribution is 0.0659. The SMILES string of the molecule is Cc1nnc(SCc2cc(C)c(C(=O)O)o2)s1. The highest BCUT2D eigenvalue weighted by atomic mass is 32.2. The third-order valence-corrected chi connectivity index (χ3v) is 4.00. The molecule has 2 rings (SSSR count). The first-order chi connectivity index (χ1) is 8.06. The third-order valence-electron chi connectivity index (χ3n) is 2.01. The maximum absolute atomic E-state index is 10.8. The van der Waals surface area contributed by atoms with Crippen LogP contribution in [-0.4, -0.2) is 21.3 Å². The lowest BCUT2D eigenvalue weighted by Gasteiger charge is -1.92. The Kier molecular flexibility index (Phi) is 3.49. The lowest BCUT2D eigenvalue weighted by atomic mass is 10.3. The molecular formula is C10H10N2O3S2. The van der Waals surface area contributed by atoms with E-state index in [1.165, 1.54) is 23.1 Å². The number of carbonyl (C=O) groups is 1. The molecule has 0 spiro atoms. The molecule has 2 heterocycles. The molecule has 0 unspecified atom stereocenters. The average Bonchev–Trinajstić information content (AvgIpc) is 2.82. The first-order valence-corrected chi connectivity index (χ1v) is 6.62. The van der Waals surface area contributed by atoms with Gasteiger partial charge in [-0.2, -0.15) is 0 Å². The Morgan fingerprint density at radius 3 is 2.82 bits per heavy atom. The Balaban J connectivity index is 2.04. The Morgan fingerprint density at radius 1 is 1.53 bits per heavy atom. The van der Waals surface area contributed by atoms with Crippen molar-refractivity contribution in [3.05, 3.63) is 28.2 Å². The third kappa shape index (κ3) is 2.86. The molecule has 0 aliphatic rings. The number of furan rings is 1. The zero-order valence-electron chi connectivity index (χ0n) is 9.26. The first-order valence-electron chi connectivity index (χ1n) is 4.82. The summed E-state index contributed by atoms with van der Waals surface area (Å²) in [5, 5.41) is 17.6. The summed E-state index contributed by atoms with van der Waals surface area (Å²) >= 11 is 2.99. The molecule has 0 bridgehead atoms. The fourth-order valence-electron chi connectivity index (χ4n) is 1.30. The molecule has 0 aromatic carbocycles. The van der Waals surface area contributed by atoms with Crippen LogP contribution in [0.25, 0.3) is 0 Å². The average molecular weight is 270 g/mol. The molecule has 0 amide bonds. The van der Waals surface area contributed by atoms with Gasteiger partial charge in [0.05, 0.1) is 5.75 Å². The van der Waals surface area contributed by atoms with E-state index in [9.17, 15) is 4.79 Å². The molecule has 2 aromatic heterocycles. The maximum atomic E-state index is 10.8. The summed E-state index contributed by atoms with van der Waals surface area (Å²) in [5.74, 6) is 0.167. The second-order valence-corrected chi connectivity index (χ2v) is 5.81. The second-order valence-electron chi connectivity index (χ2n) is 3.41. The number of carboxylic acids is 1. The highest BCUT2D eigenvalue weighted by Gasteiger charge is 2.14. The summed E-state index contributed by atoms with van der Waals surface area (Å²) in [7, 11) is 0. The Hall–Kier alpha value is -1.34. The molecule has 17 heavy (non-hydrogen) atoms. The number of rotatable bonds is 4. The van der Waals surface area contributed by atoms with E-state index >= 15 is 0 Å². The summed E-state index contributed by atoms with van der Waals surface area (Å²) in [6, 6.07) is 1.74. The van der Waals surface area contributed by atoms with Crippen LogP contribution in [0.15, 0.2) is 14.8 Å². The number of thioether (sulfide) groups is 1. The van der Waals surface area contributed by atoms with E-state index in [-0.39, 0.29) is 5.76 Å². The van der Waals surface area contributed by atoms with Gasteiger partial charge in [0.1, 0.15) is 10.8 Å². The van der Waals surface area contributed by atoms with E-state index in [4.69, 9.17) is 9.52 Å². The van der Waals surface area contributed by atoms with Gasteiger partial charge in [-0.05, 0) is 19.9 Å². The second kappa shape index (κ2) is 4.89. The van der Waals surface area contributed by atoms with E-state index in [0.717, 1.165) is 9.35 Å². The number of carboxylic acid groups (broad SMARTS) is 1. The molecule has 2 aromatic rings. The van der Waals surface area contributed by atoms with Gasteiger partial charge in [-0.15, -0.1) is 10.2 Å². The van der Waals surface area contributed by atoms with Crippen LogP contribution in [0.3, 0.4) is 0 Å². The van der Waals surface area contributed by atoms with Crippen LogP contribution in [-0.2, 0) is 5.75 Å². The van der Waals surface area contributed by atoms with E-state index in [2.05, 4.69) is 10.2 Å². The maximum Gasteiger partial charge on any atom is 0.372 e. The molecule has 0 atom stereocenters. The van der Waals surface area contributed by atoms with Crippen molar-refractivity contribution >= 4 is 29.1 Å². The minimum Gasteiger partial charge on any atom is -0.475 e. The number of nitrogens with zero attached hydrogens (tertiary/aromatic N) is 2. The normalized spacial score (nSPS) is 10.7. The van der Waals surface area contributed by atoms with Crippen molar-refractivity contribution in [2.45, 2.75) is 23.9 Å². The summed E-state index contributed by atoms with van der Waals surface area (Å²) < 4.78 is 6.10. The van der Waals surface area contributed by atoms with Gasteiger partial charge in [-0.3, -0.25) is 0 Å². The van der Waals surface area contributed by atoms with Crippen molar-refractivity contribution < 1.29 is 14.3 Å². The number of aromatic carboxylic acids is 1. The summed E-state index contributed by atoms with van der Waals surface area (Å²) in [6.07, 6.45) is 0. The zero-order chi connectivity index (χ0) is 12.4.